The number of carbonyl (C=O) groups excluding carboxylic acids is 1. The van der Waals surface area contributed by atoms with Gasteiger partial charge in [0.1, 0.15) is 11.2 Å². The first kappa shape index (κ1) is 22.6. The van der Waals surface area contributed by atoms with Crippen molar-refractivity contribution in [3.63, 3.8) is 0 Å². The van der Waals surface area contributed by atoms with Gasteiger partial charge in [0.2, 0.25) is 0 Å². The third-order valence-corrected chi connectivity index (χ3v) is 7.58. The molecule has 4 heterocycles. The lowest BCUT2D eigenvalue weighted by molar-refractivity contribution is -0.137. The number of pyridine rings is 1. The number of para-hydroxylation sites is 1. The summed E-state index contributed by atoms with van der Waals surface area (Å²) in [5.41, 5.74) is 0.709. The molecule has 0 bridgehead atoms. The molecule has 2 atom stereocenters. The maximum atomic E-state index is 14.2. The van der Waals surface area contributed by atoms with E-state index in [1.54, 1.807) is 12.3 Å². The Hall–Kier alpha value is -3.88. The topological polar surface area (TPSA) is 52.0 Å². The van der Waals surface area contributed by atoms with Crippen LogP contribution in [-0.2, 0) is 17.4 Å². The van der Waals surface area contributed by atoms with E-state index in [0.717, 1.165) is 17.6 Å². The summed E-state index contributed by atoms with van der Waals surface area (Å²) >= 11 is 0. The number of halogens is 3. The molecule has 3 aliphatic rings. The Kier molecular flexibility index (Phi) is 5.07. The highest BCUT2D eigenvalue weighted by Crippen LogP contribution is 2.49. The van der Waals surface area contributed by atoms with Gasteiger partial charge in [-0.3, -0.25) is 4.79 Å². The van der Waals surface area contributed by atoms with Crippen LogP contribution in [0.1, 0.15) is 18.1 Å². The van der Waals surface area contributed by atoms with Crippen LogP contribution in [0.2, 0.25) is 0 Å². The lowest BCUT2D eigenvalue weighted by atomic mass is 9.67. The van der Waals surface area contributed by atoms with Crippen molar-refractivity contribution in [2.45, 2.75) is 25.6 Å². The summed E-state index contributed by atoms with van der Waals surface area (Å²) in [5.74, 6) is 0.595. The Morgan fingerprint density at radius 1 is 1.00 bits per heavy atom. The second-order valence-electron chi connectivity index (χ2n) is 9.47. The Bertz CT molecular complexity index is 1340. The number of nitrogens with zero attached hydrogens (tertiary/aromatic N) is 5. The first-order chi connectivity index (χ1) is 17.3. The molecule has 1 fully saturated rings. The molecule has 2 aromatic carbocycles. The molecule has 0 unspecified atom stereocenters. The molecule has 3 aliphatic heterocycles. The molecule has 6 nitrogen and oxygen atoms in total. The van der Waals surface area contributed by atoms with Crippen LogP contribution in [0.4, 0.5) is 30.4 Å². The van der Waals surface area contributed by atoms with Crippen LogP contribution in [0, 0.1) is 5.41 Å². The zero-order chi connectivity index (χ0) is 25.1. The van der Waals surface area contributed by atoms with Gasteiger partial charge in [-0.25, -0.2) is 4.98 Å². The number of hydrogen-bond acceptors (Lipinski definition) is 5. The second-order valence-corrected chi connectivity index (χ2v) is 9.47. The molecule has 0 radical (unpaired) electrons. The Morgan fingerprint density at radius 2 is 1.78 bits per heavy atom. The number of piperazine rings is 1. The summed E-state index contributed by atoms with van der Waals surface area (Å²) in [6, 6.07) is 18.4. The molecule has 184 valence electrons. The maximum Gasteiger partial charge on any atom is 0.416 e. The minimum Gasteiger partial charge on any atom is -0.363 e. The first-order valence-electron chi connectivity index (χ1n) is 11.9. The lowest BCUT2D eigenvalue weighted by Crippen LogP contribution is -2.67. The molecule has 1 aromatic heterocycles. The van der Waals surface area contributed by atoms with E-state index < -0.39 is 17.2 Å². The molecule has 0 saturated carbocycles. The number of amides is 1. The summed E-state index contributed by atoms with van der Waals surface area (Å²) in [5, 5.41) is 6.08. The lowest BCUT2D eigenvalue weighted by Gasteiger charge is -2.53. The highest BCUT2D eigenvalue weighted by molar-refractivity contribution is 6.20. The predicted molar refractivity (Wildman–Crippen MR) is 132 cm³/mol. The maximum absolute atomic E-state index is 14.2. The van der Waals surface area contributed by atoms with Gasteiger partial charge in [-0.05, 0) is 61.4 Å². The van der Waals surface area contributed by atoms with Gasteiger partial charge in [0.05, 0.1) is 23.0 Å². The Balaban J connectivity index is 1.48. The molecular formula is C27H24F3N5O. The number of hydrogen-bond donors (Lipinski definition) is 0. The number of rotatable bonds is 2. The van der Waals surface area contributed by atoms with Crippen molar-refractivity contribution in [2.75, 3.05) is 34.4 Å². The SMILES string of the molecule is CC1=NN(c2ccccc2)C(=O)[C@@]12Cc1cc(C(F)(F)F)ccc1N1CCN(c3ccccn3)C[C@H]12. The van der Waals surface area contributed by atoms with Crippen molar-refractivity contribution in [3.05, 3.63) is 84.1 Å². The largest absolute Gasteiger partial charge is 0.416 e. The fraction of sp³-hybridized carbons (Fsp3) is 0.296. The predicted octanol–water partition coefficient (Wildman–Crippen LogP) is 4.76. The van der Waals surface area contributed by atoms with Gasteiger partial charge in [0.25, 0.3) is 5.91 Å². The van der Waals surface area contributed by atoms with Crippen LogP contribution in [0.5, 0.6) is 0 Å². The zero-order valence-corrected chi connectivity index (χ0v) is 19.6. The summed E-state index contributed by atoms with van der Waals surface area (Å²) < 4.78 is 40.8. The van der Waals surface area contributed by atoms with Gasteiger partial charge in [-0.2, -0.15) is 23.3 Å². The molecule has 1 spiro atoms. The summed E-state index contributed by atoms with van der Waals surface area (Å²) in [4.78, 5) is 23.0. The third kappa shape index (κ3) is 3.37. The van der Waals surface area contributed by atoms with Gasteiger partial charge in [0.15, 0.2) is 0 Å². The van der Waals surface area contributed by atoms with Gasteiger partial charge < -0.3 is 9.80 Å². The summed E-state index contributed by atoms with van der Waals surface area (Å²) in [6.07, 6.45) is -2.58. The van der Waals surface area contributed by atoms with Crippen molar-refractivity contribution >= 4 is 28.8 Å². The van der Waals surface area contributed by atoms with Gasteiger partial charge in [-0.15, -0.1) is 0 Å². The van der Waals surface area contributed by atoms with E-state index in [9.17, 15) is 18.0 Å². The molecule has 36 heavy (non-hydrogen) atoms. The number of carbonyl (C=O) groups is 1. The Labute approximate surface area is 206 Å². The fourth-order valence-electron chi connectivity index (χ4n) is 5.80. The number of benzene rings is 2. The smallest absolute Gasteiger partial charge is 0.363 e. The minimum absolute atomic E-state index is 0.154. The van der Waals surface area contributed by atoms with Gasteiger partial charge in [-0.1, -0.05) is 24.3 Å². The number of alkyl halides is 3. The van der Waals surface area contributed by atoms with E-state index in [4.69, 9.17) is 0 Å². The van der Waals surface area contributed by atoms with Crippen LogP contribution in [0.25, 0.3) is 0 Å². The zero-order valence-electron chi connectivity index (χ0n) is 19.6. The van der Waals surface area contributed by atoms with Crippen molar-refractivity contribution < 1.29 is 18.0 Å². The van der Waals surface area contributed by atoms with E-state index in [2.05, 4.69) is 19.9 Å². The molecule has 3 aromatic rings. The number of anilines is 3. The molecular weight excluding hydrogens is 467 g/mol. The molecule has 1 saturated heterocycles. The summed E-state index contributed by atoms with van der Waals surface area (Å²) in [7, 11) is 0. The monoisotopic (exact) mass is 491 g/mol. The molecule has 6 rings (SSSR count). The third-order valence-electron chi connectivity index (χ3n) is 7.58. The first-order valence-corrected chi connectivity index (χ1v) is 11.9. The minimum atomic E-state index is -4.46. The van der Waals surface area contributed by atoms with Crippen molar-refractivity contribution in [3.8, 4) is 0 Å². The molecule has 1 amide bonds. The molecule has 0 N–H and O–H groups in total. The van der Waals surface area contributed by atoms with E-state index in [1.807, 2.05) is 55.5 Å². The highest BCUT2D eigenvalue weighted by Gasteiger charge is 2.60. The van der Waals surface area contributed by atoms with Crippen LogP contribution in [0.3, 0.4) is 0 Å². The number of aromatic nitrogens is 1. The van der Waals surface area contributed by atoms with E-state index in [-0.39, 0.29) is 18.4 Å². The van der Waals surface area contributed by atoms with Crippen molar-refractivity contribution in [1.82, 2.24) is 4.98 Å². The van der Waals surface area contributed by atoms with Gasteiger partial charge in [0, 0.05) is 31.5 Å². The normalized spacial score (nSPS) is 23.6. The fourth-order valence-corrected chi connectivity index (χ4v) is 5.80. The van der Waals surface area contributed by atoms with Crippen molar-refractivity contribution in [2.24, 2.45) is 10.5 Å². The standard InChI is InChI=1S/C27H24F3N5O/c1-18-26(25(36)35(32-18)21-7-3-2-4-8-21)16-19-15-20(27(28,29)30)10-11-22(19)34-14-13-33(17-23(26)34)24-9-5-6-12-31-24/h2-12,15,23H,13-14,16-17H2,1H3/t23-,26-/m0/s1. The van der Waals surface area contributed by atoms with Crippen molar-refractivity contribution in [1.29, 1.82) is 0 Å². The van der Waals surface area contributed by atoms with E-state index in [1.165, 1.54) is 11.1 Å². The molecule has 0 aliphatic carbocycles. The van der Waals surface area contributed by atoms with Crippen LogP contribution >= 0.6 is 0 Å². The molecule has 9 heteroatoms. The van der Waals surface area contributed by atoms with Crippen LogP contribution in [0.15, 0.2) is 78.0 Å². The number of hydrazone groups is 1. The average Bonchev–Trinajstić information content (AvgIpc) is 3.14. The highest BCUT2D eigenvalue weighted by atomic mass is 19.4. The second kappa shape index (κ2) is 8.08. The van der Waals surface area contributed by atoms with Gasteiger partial charge >= 0.3 is 6.18 Å². The van der Waals surface area contributed by atoms with Crippen LogP contribution in [-0.4, -0.2) is 42.3 Å². The summed E-state index contributed by atoms with van der Waals surface area (Å²) in [6.45, 7) is 3.50. The van der Waals surface area contributed by atoms with E-state index >= 15 is 0 Å². The van der Waals surface area contributed by atoms with E-state index in [0.29, 0.717) is 36.6 Å². The van der Waals surface area contributed by atoms with Crippen LogP contribution < -0.4 is 14.8 Å². The number of fused-ring (bicyclic) bond motifs is 4. The Morgan fingerprint density at radius 3 is 2.50 bits per heavy atom. The average molecular weight is 492 g/mol. The quantitative estimate of drug-likeness (QED) is 0.519.